The lowest BCUT2D eigenvalue weighted by molar-refractivity contribution is -0.158. The van der Waals surface area contributed by atoms with Gasteiger partial charge in [0.05, 0.1) is 6.42 Å². The number of carbonyl (C=O) groups is 2. The first-order valence-corrected chi connectivity index (χ1v) is 6.59. The highest BCUT2D eigenvalue weighted by Gasteiger charge is 2.25. The van der Waals surface area contributed by atoms with E-state index >= 15 is 0 Å². The van der Waals surface area contributed by atoms with Crippen molar-refractivity contribution < 1.29 is 19.4 Å². The van der Waals surface area contributed by atoms with Gasteiger partial charge < -0.3 is 15.2 Å². The molecule has 0 aromatic rings. The van der Waals surface area contributed by atoms with Crippen molar-refractivity contribution in [1.29, 1.82) is 0 Å². The van der Waals surface area contributed by atoms with Gasteiger partial charge in [-0.1, -0.05) is 20.8 Å². The second-order valence-corrected chi connectivity index (χ2v) is 6.95. The molecule has 0 saturated carbocycles. The van der Waals surface area contributed by atoms with Crippen LogP contribution in [0.25, 0.3) is 0 Å². The van der Waals surface area contributed by atoms with E-state index in [0.29, 0.717) is 6.54 Å². The van der Waals surface area contributed by atoms with Crippen LogP contribution in [0.5, 0.6) is 0 Å². The lowest BCUT2D eigenvalue weighted by Gasteiger charge is -2.23. The lowest BCUT2D eigenvalue weighted by atomic mass is 9.92. The van der Waals surface area contributed by atoms with E-state index in [1.54, 1.807) is 20.8 Å². The average Bonchev–Trinajstić information content (AvgIpc) is 2.10. The number of rotatable bonds is 6. The van der Waals surface area contributed by atoms with Gasteiger partial charge in [-0.15, -0.1) is 12.4 Å². The predicted molar refractivity (Wildman–Crippen MR) is 81.2 cm³/mol. The van der Waals surface area contributed by atoms with Crippen molar-refractivity contribution in [1.82, 2.24) is 5.32 Å². The Morgan fingerprint density at radius 2 is 1.65 bits per heavy atom. The number of halogens is 1. The third-order valence-electron chi connectivity index (χ3n) is 2.35. The molecular formula is C14H28ClNO4. The second kappa shape index (κ2) is 8.47. The molecule has 2 N–H and O–H groups in total. The van der Waals surface area contributed by atoms with Crippen molar-refractivity contribution in [3.63, 3.8) is 0 Å². The van der Waals surface area contributed by atoms with Crippen LogP contribution in [0.3, 0.4) is 0 Å². The predicted octanol–water partition coefficient (Wildman–Crippen LogP) is 2.62. The minimum atomic E-state index is -1.03. The molecule has 1 atom stereocenters. The summed E-state index contributed by atoms with van der Waals surface area (Å²) in [7, 11) is 0. The van der Waals surface area contributed by atoms with E-state index in [9.17, 15) is 9.59 Å². The first-order valence-electron chi connectivity index (χ1n) is 6.59. The molecule has 0 unspecified atom stereocenters. The van der Waals surface area contributed by atoms with Crippen LogP contribution in [0.15, 0.2) is 0 Å². The summed E-state index contributed by atoms with van der Waals surface area (Å²) in [5.74, 6) is -1.53. The third kappa shape index (κ3) is 12.2. The van der Waals surface area contributed by atoms with Gasteiger partial charge in [-0.3, -0.25) is 9.59 Å². The molecule has 0 aromatic carbocycles. The number of hydrogen-bond acceptors (Lipinski definition) is 4. The normalized spacial score (nSPS) is 13.3. The molecule has 0 heterocycles. The smallest absolute Gasteiger partial charge is 0.321 e. The molecule has 0 spiro atoms. The number of carboxylic acids is 1. The molecule has 0 amide bonds. The van der Waals surface area contributed by atoms with Crippen LogP contribution in [0.2, 0.25) is 0 Å². The van der Waals surface area contributed by atoms with E-state index in [1.165, 1.54) is 0 Å². The van der Waals surface area contributed by atoms with Gasteiger partial charge in [0.1, 0.15) is 11.6 Å². The van der Waals surface area contributed by atoms with E-state index < -0.39 is 23.6 Å². The Kier molecular flexibility index (Phi) is 9.10. The Balaban J connectivity index is 0. The van der Waals surface area contributed by atoms with Gasteiger partial charge in [0.2, 0.25) is 0 Å². The summed E-state index contributed by atoms with van der Waals surface area (Å²) < 4.78 is 5.12. The summed E-state index contributed by atoms with van der Waals surface area (Å²) in [6.45, 7) is 12.1. The van der Waals surface area contributed by atoms with E-state index in [2.05, 4.69) is 26.1 Å². The highest BCUT2D eigenvalue weighted by Crippen LogP contribution is 2.17. The molecule has 0 bridgehead atoms. The summed E-state index contributed by atoms with van der Waals surface area (Å²) in [4.78, 5) is 22.7. The molecule has 120 valence electrons. The molecule has 0 fully saturated rings. The van der Waals surface area contributed by atoms with Crippen molar-refractivity contribution in [3.05, 3.63) is 0 Å². The van der Waals surface area contributed by atoms with Gasteiger partial charge in [0, 0.05) is 0 Å². The maximum absolute atomic E-state index is 11.6. The average molecular weight is 310 g/mol. The van der Waals surface area contributed by atoms with Crippen LogP contribution in [0.4, 0.5) is 0 Å². The fourth-order valence-corrected chi connectivity index (χ4v) is 1.42. The van der Waals surface area contributed by atoms with Crippen molar-refractivity contribution in [2.24, 2.45) is 5.41 Å². The fraction of sp³-hybridized carbons (Fsp3) is 0.857. The van der Waals surface area contributed by atoms with Crippen molar-refractivity contribution in [3.8, 4) is 0 Å². The zero-order chi connectivity index (χ0) is 15.3. The highest BCUT2D eigenvalue weighted by atomic mass is 35.5. The van der Waals surface area contributed by atoms with Crippen LogP contribution in [0, 0.1) is 5.41 Å². The van der Waals surface area contributed by atoms with Crippen LogP contribution < -0.4 is 5.32 Å². The van der Waals surface area contributed by atoms with Crippen LogP contribution in [-0.4, -0.2) is 35.2 Å². The van der Waals surface area contributed by atoms with E-state index in [1.807, 2.05) is 0 Å². The molecule has 20 heavy (non-hydrogen) atoms. The summed E-state index contributed by atoms with van der Waals surface area (Å²) in [5, 5.41) is 12.0. The maximum atomic E-state index is 11.6. The quantitative estimate of drug-likeness (QED) is 0.738. The third-order valence-corrected chi connectivity index (χ3v) is 2.35. The zero-order valence-corrected chi connectivity index (χ0v) is 14.1. The molecule has 6 heteroatoms. The van der Waals surface area contributed by atoms with Crippen LogP contribution in [0.1, 0.15) is 54.4 Å². The van der Waals surface area contributed by atoms with E-state index in [4.69, 9.17) is 9.84 Å². The van der Waals surface area contributed by atoms with Gasteiger partial charge in [-0.05, 0) is 39.2 Å². The van der Waals surface area contributed by atoms with Crippen LogP contribution >= 0.6 is 12.4 Å². The summed E-state index contributed by atoms with van der Waals surface area (Å²) in [5.41, 5.74) is -0.465. The number of ether oxygens (including phenoxy) is 1. The fourth-order valence-electron chi connectivity index (χ4n) is 1.42. The molecule has 0 aromatic heterocycles. The first kappa shape index (κ1) is 21.5. The molecule has 0 saturated heterocycles. The van der Waals surface area contributed by atoms with E-state index in [0.717, 1.165) is 6.42 Å². The highest BCUT2D eigenvalue weighted by molar-refractivity contribution is 5.85. The Morgan fingerprint density at radius 3 is 2.00 bits per heavy atom. The number of esters is 1. The van der Waals surface area contributed by atoms with Gasteiger partial charge in [-0.2, -0.15) is 0 Å². The van der Waals surface area contributed by atoms with Crippen molar-refractivity contribution >= 4 is 24.3 Å². The van der Waals surface area contributed by atoms with Gasteiger partial charge in [-0.25, -0.2) is 0 Å². The van der Waals surface area contributed by atoms with Gasteiger partial charge >= 0.3 is 11.9 Å². The van der Waals surface area contributed by atoms with Gasteiger partial charge in [0.25, 0.3) is 0 Å². The molecule has 0 aliphatic rings. The van der Waals surface area contributed by atoms with Gasteiger partial charge in [0.15, 0.2) is 0 Å². The molecule has 0 aliphatic carbocycles. The number of carbonyl (C=O) groups excluding carboxylic acids is 1. The number of carboxylic acid groups (broad SMARTS) is 1. The minimum absolute atomic E-state index is 0. The summed E-state index contributed by atoms with van der Waals surface area (Å²) >= 11 is 0. The summed E-state index contributed by atoms with van der Waals surface area (Å²) in [6.07, 6.45) is 0.682. The standard InChI is InChI=1S/C14H27NO4.ClH/c1-13(2,3)7-8-15-10(12(17)18)9-11(16)19-14(4,5)6;/h10,15H,7-9H2,1-6H3,(H,17,18);1H/t10-;/m0./s1. The number of aliphatic carboxylic acids is 1. The summed E-state index contributed by atoms with van der Waals surface area (Å²) in [6, 6.07) is -0.891. The molecule has 0 aliphatic heterocycles. The Bertz CT molecular complexity index is 318. The molecule has 0 rings (SSSR count). The number of nitrogens with one attached hydrogen (secondary N) is 1. The molecular weight excluding hydrogens is 282 g/mol. The topological polar surface area (TPSA) is 75.6 Å². The van der Waals surface area contributed by atoms with Crippen LogP contribution in [-0.2, 0) is 14.3 Å². The largest absolute Gasteiger partial charge is 0.480 e. The van der Waals surface area contributed by atoms with Crippen molar-refractivity contribution in [2.45, 2.75) is 66.0 Å². The lowest BCUT2D eigenvalue weighted by Crippen LogP contribution is -2.41. The Morgan fingerprint density at radius 1 is 1.15 bits per heavy atom. The number of hydrogen-bond donors (Lipinski definition) is 2. The Labute approximate surface area is 127 Å². The monoisotopic (exact) mass is 309 g/mol. The second-order valence-electron chi connectivity index (χ2n) is 6.95. The minimum Gasteiger partial charge on any atom is -0.480 e. The molecule has 5 nitrogen and oxygen atoms in total. The van der Waals surface area contributed by atoms with Crippen molar-refractivity contribution in [2.75, 3.05) is 6.54 Å². The van der Waals surface area contributed by atoms with E-state index in [-0.39, 0.29) is 24.2 Å². The zero-order valence-electron chi connectivity index (χ0n) is 13.3. The Hall–Kier alpha value is -0.810. The SMILES string of the molecule is CC(C)(C)CCN[C@@H](CC(=O)OC(C)(C)C)C(=O)O.Cl. The molecule has 0 radical (unpaired) electrons. The first-order chi connectivity index (χ1) is 8.41. The maximum Gasteiger partial charge on any atom is 0.321 e.